The van der Waals surface area contributed by atoms with Crippen LogP contribution in [0.15, 0.2) is 79.2 Å². The normalized spacial score (nSPS) is 15.3. The second kappa shape index (κ2) is 9.64. The molecule has 1 aliphatic rings. The third-order valence-electron chi connectivity index (χ3n) is 5.59. The Kier molecular flexibility index (Phi) is 7.18. The zero-order valence-corrected chi connectivity index (χ0v) is 20.4. The molecule has 4 rings (SSSR count). The zero-order valence-electron chi connectivity index (χ0n) is 18.0. The van der Waals surface area contributed by atoms with E-state index in [1.54, 1.807) is 0 Å². The molecule has 0 saturated heterocycles. The average molecular weight is 574 g/mol. The van der Waals surface area contributed by atoms with Crippen LogP contribution in [0, 0.1) is 6.42 Å². The summed E-state index contributed by atoms with van der Waals surface area (Å²) in [5.74, 6) is 2.09. The minimum Gasteiger partial charge on any atom is -0.304 e. The predicted molar refractivity (Wildman–Crippen MR) is 122 cm³/mol. The van der Waals surface area contributed by atoms with Gasteiger partial charge in [-0.3, -0.25) is 0 Å². The molecule has 0 aliphatic heterocycles. The second-order valence-corrected chi connectivity index (χ2v) is 8.32. The first kappa shape index (κ1) is 22.3. The van der Waals surface area contributed by atoms with Crippen molar-refractivity contribution < 1.29 is 20.1 Å². The van der Waals surface area contributed by atoms with Gasteiger partial charge in [0.25, 0.3) is 0 Å². The molecule has 0 fully saturated rings. The van der Waals surface area contributed by atoms with Gasteiger partial charge >= 0.3 is 0 Å². The van der Waals surface area contributed by atoms with Crippen LogP contribution in [-0.2, 0) is 20.1 Å². The predicted octanol–water partition coefficient (Wildman–Crippen LogP) is 7.20. The van der Waals surface area contributed by atoms with Crippen LogP contribution in [-0.4, -0.2) is 9.55 Å². The molecule has 0 N–H and O–H groups in total. The maximum absolute atomic E-state index is 4.74. The summed E-state index contributed by atoms with van der Waals surface area (Å²) in [7, 11) is 0. The van der Waals surface area contributed by atoms with Crippen molar-refractivity contribution in [2.75, 3.05) is 0 Å². The number of hydrogen-bond donors (Lipinski definition) is 0. The molecule has 0 saturated carbocycles. The van der Waals surface area contributed by atoms with Gasteiger partial charge < -0.3 is 4.57 Å². The van der Waals surface area contributed by atoms with Gasteiger partial charge in [0.05, 0.1) is 5.69 Å². The Bertz CT molecular complexity index is 1010. The summed E-state index contributed by atoms with van der Waals surface area (Å²) >= 11 is 0. The van der Waals surface area contributed by atoms with E-state index in [-0.39, 0.29) is 26.0 Å². The SMILES string of the molecule is CC(C)c1cc(-c2ccccc2)cc(C(C)C)c1-n1ccnc1C1C=CC=C[CH-]1.[Ir]. The van der Waals surface area contributed by atoms with Crippen molar-refractivity contribution in [3.05, 3.63) is 103 Å². The van der Waals surface area contributed by atoms with E-state index in [0.717, 1.165) is 5.82 Å². The zero-order chi connectivity index (χ0) is 20.4. The van der Waals surface area contributed by atoms with E-state index >= 15 is 0 Å². The number of aromatic nitrogens is 2. The van der Waals surface area contributed by atoms with Crippen LogP contribution in [0.3, 0.4) is 0 Å². The fraction of sp³-hybridized carbons (Fsp3) is 0.259. The second-order valence-electron chi connectivity index (χ2n) is 8.32. The number of benzene rings is 2. The standard InChI is InChI=1S/C27H29N2.Ir/c1-19(2)24-17-23(21-11-7-5-8-12-21)18-25(20(3)4)26(24)29-16-15-28-27(29)22-13-9-6-10-14-22;/h5-20,22H,1-4H3;/q-1;. The monoisotopic (exact) mass is 574 g/mol. The van der Waals surface area contributed by atoms with Gasteiger partial charge in [0.2, 0.25) is 0 Å². The van der Waals surface area contributed by atoms with E-state index in [2.05, 4.69) is 112 Å². The van der Waals surface area contributed by atoms with E-state index in [4.69, 9.17) is 4.98 Å². The minimum atomic E-state index is 0. The van der Waals surface area contributed by atoms with Crippen LogP contribution in [0.1, 0.15) is 62.4 Å². The Hall–Kier alpha value is -2.35. The van der Waals surface area contributed by atoms with Crippen molar-refractivity contribution in [2.24, 2.45) is 0 Å². The first-order chi connectivity index (χ1) is 14.1. The Balaban J connectivity index is 0.00000256. The maximum Gasteiger partial charge on any atom is 0.106 e. The third-order valence-corrected chi connectivity index (χ3v) is 5.59. The molecular formula is C27H29IrN2-. The molecule has 1 atom stereocenters. The Morgan fingerprint density at radius 1 is 0.900 bits per heavy atom. The summed E-state index contributed by atoms with van der Waals surface area (Å²) in [6.45, 7) is 9.13. The van der Waals surface area contributed by atoms with E-state index in [0.29, 0.717) is 11.8 Å². The first-order valence-electron chi connectivity index (χ1n) is 10.5. The summed E-state index contributed by atoms with van der Waals surface area (Å²) in [6.07, 6.45) is 14.7. The largest absolute Gasteiger partial charge is 0.304 e. The van der Waals surface area contributed by atoms with Gasteiger partial charge in [0, 0.05) is 32.5 Å². The summed E-state index contributed by atoms with van der Waals surface area (Å²) in [4.78, 5) is 4.74. The van der Waals surface area contributed by atoms with E-state index in [9.17, 15) is 0 Å². The van der Waals surface area contributed by atoms with Gasteiger partial charge in [0.1, 0.15) is 5.82 Å². The summed E-state index contributed by atoms with van der Waals surface area (Å²) in [6, 6.07) is 15.4. The molecule has 2 aromatic carbocycles. The van der Waals surface area contributed by atoms with E-state index < -0.39 is 0 Å². The number of allylic oxidation sites excluding steroid dienone is 4. The van der Waals surface area contributed by atoms with Crippen LogP contribution in [0.25, 0.3) is 16.8 Å². The van der Waals surface area contributed by atoms with Crippen LogP contribution in [0.5, 0.6) is 0 Å². The first-order valence-corrected chi connectivity index (χ1v) is 10.5. The van der Waals surface area contributed by atoms with Crippen molar-refractivity contribution in [1.29, 1.82) is 0 Å². The van der Waals surface area contributed by atoms with Gasteiger partial charge in [-0.05, 0) is 52.1 Å². The summed E-state index contributed by atoms with van der Waals surface area (Å²) < 4.78 is 2.31. The number of imidazole rings is 1. The molecule has 0 bridgehead atoms. The molecule has 2 nitrogen and oxygen atoms in total. The number of hydrogen-bond acceptors (Lipinski definition) is 1. The Morgan fingerprint density at radius 2 is 1.57 bits per heavy atom. The molecule has 157 valence electrons. The van der Waals surface area contributed by atoms with Gasteiger partial charge in [0.15, 0.2) is 0 Å². The molecule has 1 heterocycles. The van der Waals surface area contributed by atoms with Crippen LogP contribution in [0.2, 0.25) is 0 Å². The van der Waals surface area contributed by atoms with Crippen molar-refractivity contribution in [3.8, 4) is 16.8 Å². The van der Waals surface area contributed by atoms with Crippen molar-refractivity contribution in [2.45, 2.75) is 45.4 Å². The average Bonchev–Trinajstić information content (AvgIpc) is 3.23. The van der Waals surface area contributed by atoms with E-state index in [1.807, 2.05) is 6.20 Å². The fourth-order valence-corrected chi connectivity index (χ4v) is 4.05. The molecule has 30 heavy (non-hydrogen) atoms. The topological polar surface area (TPSA) is 17.8 Å². The summed E-state index contributed by atoms with van der Waals surface area (Å²) in [5.41, 5.74) is 6.57. The number of rotatable bonds is 5. The summed E-state index contributed by atoms with van der Waals surface area (Å²) in [5, 5.41) is 0. The smallest absolute Gasteiger partial charge is 0.106 e. The van der Waals surface area contributed by atoms with Crippen molar-refractivity contribution >= 4 is 0 Å². The third kappa shape index (κ3) is 4.38. The minimum absolute atomic E-state index is 0. The molecule has 1 unspecified atom stereocenters. The molecule has 0 amide bonds. The quantitative estimate of drug-likeness (QED) is 0.295. The molecular weight excluding hydrogens is 545 g/mol. The van der Waals surface area contributed by atoms with E-state index in [1.165, 1.54) is 27.9 Å². The maximum atomic E-state index is 4.74. The van der Waals surface area contributed by atoms with Crippen LogP contribution in [0.4, 0.5) is 0 Å². The Morgan fingerprint density at radius 3 is 2.13 bits per heavy atom. The van der Waals surface area contributed by atoms with Crippen molar-refractivity contribution in [3.63, 3.8) is 0 Å². The molecule has 3 aromatic rings. The van der Waals surface area contributed by atoms with Crippen LogP contribution >= 0.6 is 0 Å². The molecule has 1 radical (unpaired) electrons. The molecule has 1 aliphatic carbocycles. The van der Waals surface area contributed by atoms with Gasteiger partial charge in [-0.25, -0.2) is 23.6 Å². The van der Waals surface area contributed by atoms with Crippen LogP contribution < -0.4 is 0 Å². The molecule has 3 heteroatoms. The van der Waals surface area contributed by atoms with Gasteiger partial charge in [-0.15, -0.1) is 12.2 Å². The number of nitrogens with zero attached hydrogens (tertiary/aromatic N) is 2. The Labute approximate surface area is 194 Å². The molecule has 1 aromatic heterocycles. The molecule has 0 spiro atoms. The van der Waals surface area contributed by atoms with Gasteiger partial charge in [-0.2, -0.15) is 0 Å². The fourth-order valence-electron chi connectivity index (χ4n) is 4.05. The van der Waals surface area contributed by atoms with Gasteiger partial charge in [-0.1, -0.05) is 58.0 Å². The van der Waals surface area contributed by atoms with Crippen molar-refractivity contribution in [1.82, 2.24) is 9.55 Å².